The van der Waals surface area contributed by atoms with Crippen molar-refractivity contribution in [2.75, 3.05) is 25.1 Å². The highest BCUT2D eigenvalue weighted by Crippen LogP contribution is 2.44. The lowest BCUT2D eigenvalue weighted by Gasteiger charge is -2.34. The van der Waals surface area contributed by atoms with Crippen LogP contribution in [0.5, 0.6) is 5.75 Å². The zero-order valence-corrected chi connectivity index (χ0v) is 22.5. The van der Waals surface area contributed by atoms with Crippen LogP contribution in [0.2, 0.25) is 0 Å². The first-order valence-electron chi connectivity index (χ1n) is 13.3. The fraction of sp³-hybridized carbons (Fsp3) is 0.581. The van der Waals surface area contributed by atoms with Gasteiger partial charge in [-0.15, -0.1) is 0 Å². The summed E-state index contributed by atoms with van der Waals surface area (Å²) in [7, 11) is 1.77. The SMILES string of the molecule is CCCCC1=C(C=Cc2ccc(N(CCCC)CCCC)cc2OC)CC(C)(C)CC1=CC#N. The number of hydrogen-bond donors (Lipinski definition) is 0. The highest BCUT2D eigenvalue weighted by atomic mass is 16.5. The van der Waals surface area contributed by atoms with Gasteiger partial charge in [0.25, 0.3) is 0 Å². The second kappa shape index (κ2) is 14.1. The van der Waals surface area contributed by atoms with Crippen molar-refractivity contribution in [2.45, 2.75) is 92.4 Å². The summed E-state index contributed by atoms with van der Waals surface area (Å²) in [6.07, 6.45) is 16.4. The van der Waals surface area contributed by atoms with Crippen molar-refractivity contribution in [3.63, 3.8) is 0 Å². The zero-order chi connectivity index (χ0) is 25.0. The molecule has 0 atom stereocenters. The lowest BCUT2D eigenvalue weighted by atomic mass is 9.70. The van der Waals surface area contributed by atoms with Gasteiger partial charge in [-0.05, 0) is 72.8 Å². The van der Waals surface area contributed by atoms with E-state index >= 15 is 0 Å². The number of benzene rings is 1. The fourth-order valence-electron chi connectivity index (χ4n) is 4.86. The van der Waals surface area contributed by atoms with Crippen molar-refractivity contribution < 1.29 is 4.74 Å². The summed E-state index contributed by atoms with van der Waals surface area (Å²) in [5.41, 5.74) is 6.47. The third-order valence-electron chi connectivity index (χ3n) is 6.74. The topological polar surface area (TPSA) is 36.3 Å². The molecule has 0 heterocycles. The Morgan fingerprint density at radius 1 is 1.00 bits per heavy atom. The molecule has 3 heteroatoms. The molecule has 1 aliphatic carbocycles. The van der Waals surface area contributed by atoms with E-state index in [1.165, 1.54) is 48.1 Å². The molecular weight excluding hydrogens is 416 g/mol. The van der Waals surface area contributed by atoms with Crippen LogP contribution in [0.3, 0.4) is 0 Å². The Balaban J connectivity index is 2.40. The van der Waals surface area contributed by atoms with Crippen LogP contribution in [-0.2, 0) is 0 Å². The molecule has 1 aromatic carbocycles. The molecule has 0 fully saturated rings. The summed E-state index contributed by atoms with van der Waals surface area (Å²) in [4.78, 5) is 2.50. The smallest absolute Gasteiger partial charge is 0.128 e. The molecule has 0 saturated heterocycles. The van der Waals surface area contributed by atoms with Gasteiger partial charge in [0, 0.05) is 36.5 Å². The van der Waals surface area contributed by atoms with E-state index in [9.17, 15) is 5.26 Å². The van der Waals surface area contributed by atoms with Gasteiger partial charge in [-0.2, -0.15) is 5.26 Å². The van der Waals surface area contributed by atoms with Gasteiger partial charge < -0.3 is 9.64 Å². The van der Waals surface area contributed by atoms with Crippen LogP contribution in [0, 0.1) is 16.7 Å². The normalized spacial score (nSPS) is 16.8. The Bertz CT molecular complexity index is 906. The van der Waals surface area contributed by atoms with Crippen LogP contribution < -0.4 is 9.64 Å². The maximum atomic E-state index is 9.39. The number of hydrogen-bond acceptors (Lipinski definition) is 3. The maximum Gasteiger partial charge on any atom is 0.128 e. The largest absolute Gasteiger partial charge is 0.496 e. The number of methoxy groups -OCH3 is 1. The molecular formula is C31H46N2O. The number of nitriles is 1. The molecule has 0 amide bonds. The molecule has 0 radical (unpaired) electrons. The van der Waals surface area contributed by atoms with Crippen LogP contribution in [0.25, 0.3) is 6.08 Å². The molecule has 0 N–H and O–H groups in total. The van der Waals surface area contributed by atoms with Gasteiger partial charge in [0.1, 0.15) is 5.75 Å². The number of nitrogens with zero attached hydrogens (tertiary/aromatic N) is 2. The van der Waals surface area contributed by atoms with Crippen molar-refractivity contribution in [3.8, 4) is 11.8 Å². The maximum absolute atomic E-state index is 9.39. The van der Waals surface area contributed by atoms with E-state index in [4.69, 9.17) is 4.74 Å². The van der Waals surface area contributed by atoms with E-state index in [0.717, 1.165) is 56.5 Å². The molecule has 3 nitrogen and oxygen atoms in total. The minimum Gasteiger partial charge on any atom is -0.496 e. The molecule has 1 aliphatic rings. The van der Waals surface area contributed by atoms with Gasteiger partial charge in [-0.25, -0.2) is 0 Å². The van der Waals surface area contributed by atoms with Crippen molar-refractivity contribution in [3.05, 3.63) is 52.6 Å². The minimum absolute atomic E-state index is 0.158. The third kappa shape index (κ3) is 8.08. The molecule has 0 spiro atoms. The summed E-state index contributed by atoms with van der Waals surface area (Å²) in [6, 6.07) is 8.93. The van der Waals surface area contributed by atoms with Crippen molar-refractivity contribution in [2.24, 2.45) is 5.41 Å². The Morgan fingerprint density at radius 2 is 1.68 bits per heavy atom. The predicted octanol–water partition coefficient (Wildman–Crippen LogP) is 8.87. The van der Waals surface area contributed by atoms with Gasteiger partial charge in [0.2, 0.25) is 0 Å². The van der Waals surface area contributed by atoms with Gasteiger partial charge in [0.15, 0.2) is 0 Å². The second-order valence-corrected chi connectivity index (χ2v) is 10.4. The quantitative estimate of drug-likeness (QED) is 0.275. The van der Waals surface area contributed by atoms with E-state index in [1.807, 2.05) is 0 Å². The molecule has 2 rings (SSSR count). The lowest BCUT2D eigenvalue weighted by molar-refractivity contribution is 0.349. The molecule has 0 bridgehead atoms. The third-order valence-corrected chi connectivity index (χ3v) is 6.74. The molecule has 0 unspecified atom stereocenters. The molecule has 186 valence electrons. The summed E-state index contributed by atoms with van der Waals surface area (Å²) in [6.45, 7) is 13.5. The second-order valence-electron chi connectivity index (χ2n) is 10.4. The average Bonchev–Trinajstić information content (AvgIpc) is 2.82. The highest BCUT2D eigenvalue weighted by Gasteiger charge is 2.29. The number of allylic oxidation sites excluding steroid dienone is 5. The molecule has 34 heavy (non-hydrogen) atoms. The minimum atomic E-state index is 0.158. The lowest BCUT2D eigenvalue weighted by Crippen LogP contribution is -2.25. The number of ether oxygens (including phenoxy) is 1. The fourth-order valence-corrected chi connectivity index (χ4v) is 4.86. The summed E-state index contributed by atoms with van der Waals surface area (Å²) in [5.74, 6) is 0.922. The standard InChI is InChI=1S/C31H46N2O/c1-7-10-13-29-26(23-31(4,5)24-27(29)18-19-32)15-14-25-16-17-28(22-30(25)34-6)33(20-11-8-2)21-12-9-3/h14-18,22H,7-13,20-21,23-24H2,1-6H3. The first kappa shape index (κ1) is 27.8. The van der Waals surface area contributed by atoms with Crippen molar-refractivity contribution in [1.29, 1.82) is 5.26 Å². The number of anilines is 1. The van der Waals surface area contributed by atoms with Crippen LogP contribution in [0.1, 0.15) is 98.0 Å². The zero-order valence-electron chi connectivity index (χ0n) is 22.5. The molecule has 0 aliphatic heterocycles. The number of rotatable bonds is 13. The first-order valence-corrected chi connectivity index (χ1v) is 13.3. The van der Waals surface area contributed by atoms with Crippen molar-refractivity contribution >= 4 is 11.8 Å². The van der Waals surface area contributed by atoms with E-state index < -0.39 is 0 Å². The van der Waals surface area contributed by atoms with Crippen molar-refractivity contribution in [1.82, 2.24) is 0 Å². The molecule has 0 aromatic heterocycles. The van der Waals surface area contributed by atoms with E-state index in [1.54, 1.807) is 13.2 Å². The van der Waals surface area contributed by atoms with Crippen LogP contribution in [-0.4, -0.2) is 20.2 Å². The highest BCUT2D eigenvalue weighted by molar-refractivity contribution is 5.66. The van der Waals surface area contributed by atoms with Gasteiger partial charge in [-0.3, -0.25) is 0 Å². The van der Waals surface area contributed by atoms with Gasteiger partial charge in [0.05, 0.1) is 13.2 Å². The Kier molecular flexibility index (Phi) is 11.5. The molecule has 1 aromatic rings. The number of unbranched alkanes of at least 4 members (excludes halogenated alkanes) is 3. The summed E-state index contributed by atoms with van der Waals surface area (Å²) >= 11 is 0. The van der Waals surface area contributed by atoms with Crippen LogP contribution in [0.15, 0.2) is 47.1 Å². The average molecular weight is 463 g/mol. The van der Waals surface area contributed by atoms with E-state index in [0.29, 0.717) is 0 Å². The predicted molar refractivity (Wildman–Crippen MR) is 147 cm³/mol. The van der Waals surface area contributed by atoms with Crippen LogP contribution >= 0.6 is 0 Å². The van der Waals surface area contributed by atoms with Gasteiger partial charge in [-0.1, -0.05) is 66.0 Å². The monoisotopic (exact) mass is 462 g/mol. The first-order chi connectivity index (χ1) is 16.4. The van der Waals surface area contributed by atoms with Crippen LogP contribution in [0.4, 0.5) is 5.69 Å². The van der Waals surface area contributed by atoms with E-state index in [-0.39, 0.29) is 5.41 Å². The van der Waals surface area contributed by atoms with E-state index in [2.05, 4.69) is 75.9 Å². The summed E-state index contributed by atoms with van der Waals surface area (Å²) < 4.78 is 5.83. The molecule has 0 saturated carbocycles. The Morgan fingerprint density at radius 3 is 2.26 bits per heavy atom. The Hall–Kier alpha value is -2.47. The van der Waals surface area contributed by atoms with Gasteiger partial charge >= 0.3 is 0 Å². The summed E-state index contributed by atoms with van der Waals surface area (Å²) in [5, 5.41) is 9.39. The Labute approximate surface area is 209 Å².